The number of aliphatic hydroxyl groups is 2. The standard InChI is InChI=1S/C8H12O3.C8H12O2.C7H5ClO3.C7H12O3.C7H10O3.CH4O/c1-6(9)8(2)4-3-7(10)11-5-8;1-6(9)8(2)4-3-7(10)5-8;8-6-3-1-5(2-4-6)7(9)11-10;2*1-7(6(9)10)3-2-5(8)4-7;1-2/h3-5H2,1-2H3;3-5H2,1-2H3;1-4,10H;5,8H,2-4H2,1H3,(H,9,10);2-4H2,1H3,(H,9,10);2H,1H3. The molecule has 1 saturated heterocycles. The molecule has 1 heterocycles. The van der Waals surface area contributed by atoms with Gasteiger partial charge in [-0.25, -0.2) is 4.79 Å². The molecule has 3 saturated carbocycles. The summed E-state index contributed by atoms with van der Waals surface area (Å²) in [5.41, 5.74) is -1.92. The number of hydrogen-bond donors (Lipinski definition) is 5. The minimum atomic E-state index is -0.849. The lowest BCUT2D eigenvalue weighted by Gasteiger charge is -2.29. The first-order chi connectivity index (χ1) is 24.9. The van der Waals surface area contributed by atoms with Gasteiger partial charge < -0.3 is 25.2 Å². The normalized spacial score (nSPS) is 27.9. The lowest BCUT2D eigenvalue weighted by atomic mass is 9.81. The summed E-state index contributed by atoms with van der Waals surface area (Å²) in [7, 11) is 1.00. The van der Waals surface area contributed by atoms with Crippen LogP contribution in [-0.2, 0) is 43.2 Å². The maximum Gasteiger partial charge on any atom is 0.372 e. The van der Waals surface area contributed by atoms with Crippen molar-refractivity contribution in [1.29, 1.82) is 0 Å². The van der Waals surface area contributed by atoms with Crippen molar-refractivity contribution in [1.82, 2.24) is 0 Å². The van der Waals surface area contributed by atoms with Crippen LogP contribution in [0.15, 0.2) is 24.3 Å². The number of Topliss-reactive ketones (excluding diaryl/α,β-unsaturated/α-hetero) is 4. The maximum absolute atomic E-state index is 11.0. The van der Waals surface area contributed by atoms with E-state index in [1.165, 1.54) is 24.3 Å². The fraction of sp³-hybridized carbons (Fsp3) is 0.632. The van der Waals surface area contributed by atoms with Crippen LogP contribution < -0.4 is 0 Å². The molecule has 0 amide bonds. The van der Waals surface area contributed by atoms with E-state index < -0.39 is 40.3 Å². The Labute approximate surface area is 320 Å². The first kappa shape index (κ1) is 49.9. The van der Waals surface area contributed by atoms with Gasteiger partial charge in [0.25, 0.3) is 0 Å². The Morgan fingerprint density at radius 1 is 0.722 bits per heavy atom. The van der Waals surface area contributed by atoms with Crippen molar-refractivity contribution in [3.63, 3.8) is 0 Å². The third-order valence-corrected chi connectivity index (χ3v) is 10.4. The van der Waals surface area contributed by atoms with E-state index >= 15 is 0 Å². The van der Waals surface area contributed by atoms with E-state index in [0.29, 0.717) is 62.8 Å². The lowest BCUT2D eigenvalue weighted by molar-refractivity contribution is -0.182. The largest absolute Gasteiger partial charge is 0.481 e. The number of carboxylic acid groups (broad SMARTS) is 2. The van der Waals surface area contributed by atoms with Crippen LogP contribution in [0.25, 0.3) is 0 Å². The molecule has 5 atom stereocenters. The first-order valence-electron chi connectivity index (χ1n) is 17.3. The van der Waals surface area contributed by atoms with Gasteiger partial charge >= 0.3 is 23.9 Å². The van der Waals surface area contributed by atoms with Crippen molar-refractivity contribution in [3.8, 4) is 0 Å². The summed E-state index contributed by atoms with van der Waals surface area (Å²) >= 11 is 5.54. The summed E-state index contributed by atoms with van der Waals surface area (Å²) in [6.45, 7) is 10.4. The summed E-state index contributed by atoms with van der Waals surface area (Å²) in [6, 6.07) is 5.99. The Morgan fingerprint density at radius 2 is 1.17 bits per heavy atom. The number of rotatable bonds is 5. The van der Waals surface area contributed by atoms with Crippen LogP contribution in [0.2, 0.25) is 5.02 Å². The smallest absolute Gasteiger partial charge is 0.372 e. The molecule has 1 aromatic rings. The molecule has 3 aliphatic carbocycles. The second kappa shape index (κ2) is 22.4. The number of ether oxygens (including phenoxy) is 1. The average Bonchev–Trinajstić information content (AvgIpc) is 3.80. The summed E-state index contributed by atoms with van der Waals surface area (Å²) in [4.78, 5) is 89.3. The quantitative estimate of drug-likeness (QED) is 0.144. The molecular formula is C38H55ClO15. The second-order valence-electron chi connectivity index (χ2n) is 14.8. The van der Waals surface area contributed by atoms with Crippen LogP contribution in [0.5, 0.6) is 0 Å². The number of carbonyl (C=O) groups is 8. The second-order valence-corrected chi connectivity index (χ2v) is 15.3. The third kappa shape index (κ3) is 16.1. The molecule has 5 N–H and O–H groups in total. The van der Waals surface area contributed by atoms with E-state index in [2.05, 4.69) is 4.89 Å². The summed E-state index contributed by atoms with van der Waals surface area (Å²) < 4.78 is 4.80. The molecule has 4 fully saturated rings. The van der Waals surface area contributed by atoms with Gasteiger partial charge in [-0.05, 0) is 97.4 Å². The van der Waals surface area contributed by atoms with Gasteiger partial charge in [0.2, 0.25) is 0 Å². The van der Waals surface area contributed by atoms with Gasteiger partial charge in [0.05, 0.1) is 27.9 Å². The molecular weight excluding hydrogens is 732 g/mol. The molecule has 4 aliphatic rings. The summed E-state index contributed by atoms with van der Waals surface area (Å²) in [6.07, 6.45) is 5.18. The number of aliphatic carboxylic acids is 2. The zero-order valence-corrected chi connectivity index (χ0v) is 32.8. The van der Waals surface area contributed by atoms with Gasteiger partial charge in [-0.1, -0.05) is 18.5 Å². The maximum atomic E-state index is 11.0. The van der Waals surface area contributed by atoms with E-state index in [-0.39, 0.29) is 53.1 Å². The van der Waals surface area contributed by atoms with Crippen molar-refractivity contribution in [2.75, 3.05) is 13.7 Å². The number of esters is 1. The fourth-order valence-corrected chi connectivity index (χ4v) is 5.75. The predicted octanol–water partition coefficient (Wildman–Crippen LogP) is 5.28. The zero-order chi connectivity index (χ0) is 42.1. The van der Waals surface area contributed by atoms with E-state index in [1.807, 2.05) is 13.8 Å². The van der Waals surface area contributed by atoms with Crippen LogP contribution in [0.1, 0.15) is 123 Å². The zero-order valence-electron chi connectivity index (χ0n) is 32.1. The van der Waals surface area contributed by atoms with Crippen molar-refractivity contribution >= 4 is 58.6 Å². The van der Waals surface area contributed by atoms with Gasteiger partial charge in [0, 0.05) is 49.7 Å². The Morgan fingerprint density at radius 3 is 1.43 bits per heavy atom. The predicted molar refractivity (Wildman–Crippen MR) is 194 cm³/mol. The van der Waals surface area contributed by atoms with Crippen molar-refractivity contribution < 1.29 is 73.7 Å². The van der Waals surface area contributed by atoms with Crippen LogP contribution in [-0.4, -0.2) is 92.5 Å². The number of ketones is 4. The van der Waals surface area contributed by atoms with E-state index in [9.17, 15) is 38.4 Å². The molecule has 0 radical (unpaired) electrons. The van der Waals surface area contributed by atoms with E-state index in [0.717, 1.165) is 13.5 Å². The molecule has 0 spiro atoms. The van der Waals surface area contributed by atoms with Gasteiger partial charge in [-0.3, -0.25) is 38.4 Å². The van der Waals surface area contributed by atoms with Gasteiger partial charge in [-0.2, -0.15) is 5.26 Å². The van der Waals surface area contributed by atoms with Gasteiger partial charge in [0.1, 0.15) is 29.7 Å². The molecule has 5 rings (SSSR count). The van der Waals surface area contributed by atoms with E-state index in [4.69, 9.17) is 42.0 Å². The number of carboxylic acids is 2. The van der Waals surface area contributed by atoms with E-state index in [1.54, 1.807) is 27.7 Å². The Balaban J connectivity index is 0.000000643. The highest BCUT2D eigenvalue weighted by Crippen LogP contribution is 2.38. The number of aliphatic hydroxyl groups excluding tert-OH is 2. The Kier molecular flexibility index (Phi) is 20.7. The molecule has 5 unspecified atom stereocenters. The van der Waals surface area contributed by atoms with Crippen LogP contribution in [0.3, 0.4) is 0 Å². The van der Waals surface area contributed by atoms with Crippen LogP contribution in [0, 0.1) is 21.7 Å². The SMILES string of the molecule is CC(=O)C1(C)CCC(=O)C1.CC(=O)C1(C)CCC(=O)OC1.CC1(C(=O)O)CCC(=O)C1.CC1(C(=O)O)CCC(O)C1.CO.O=C(OO)c1ccc(Cl)cc1. The first-order valence-corrected chi connectivity index (χ1v) is 17.7. The number of benzene rings is 1. The number of hydrogen-bond acceptors (Lipinski definition) is 13. The van der Waals surface area contributed by atoms with Gasteiger partial charge in [-0.15, -0.1) is 0 Å². The van der Waals surface area contributed by atoms with Crippen molar-refractivity contribution in [2.45, 2.75) is 118 Å². The summed E-state index contributed by atoms with van der Waals surface area (Å²) in [5, 5.41) is 41.9. The Hall–Kier alpha value is -4.05. The molecule has 0 bridgehead atoms. The summed E-state index contributed by atoms with van der Waals surface area (Å²) in [5.74, 6) is -2.06. The fourth-order valence-electron chi connectivity index (χ4n) is 5.62. The highest BCUT2D eigenvalue weighted by atomic mass is 35.5. The van der Waals surface area contributed by atoms with Crippen LogP contribution in [0.4, 0.5) is 0 Å². The number of carbonyl (C=O) groups excluding carboxylic acids is 6. The number of halogens is 1. The molecule has 304 valence electrons. The topological polar surface area (TPSA) is 256 Å². The minimum absolute atomic E-state index is 0.0740. The molecule has 0 aromatic heterocycles. The average molecular weight is 787 g/mol. The lowest BCUT2D eigenvalue weighted by Crippen LogP contribution is -2.36. The van der Waals surface area contributed by atoms with Crippen LogP contribution >= 0.6 is 11.6 Å². The minimum Gasteiger partial charge on any atom is -0.481 e. The highest BCUT2D eigenvalue weighted by molar-refractivity contribution is 6.30. The van der Waals surface area contributed by atoms with Crippen molar-refractivity contribution in [2.24, 2.45) is 21.7 Å². The molecule has 1 aliphatic heterocycles. The highest BCUT2D eigenvalue weighted by Gasteiger charge is 2.41. The Bertz CT molecular complexity index is 1440. The monoisotopic (exact) mass is 786 g/mol. The third-order valence-electron chi connectivity index (χ3n) is 10.1. The molecule has 15 nitrogen and oxygen atoms in total. The molecule has 16 heteroatoms. The molecule has 54 heavy (non-hydrogen) atoms. The van der Waals surface area contributed by atoms with Gasteiger partial charge in [0.15, 0.2) is 0 Å². The van der Waals surface area contributed by atoms with Crippen molar-refractivity contribution in [3.05, 3.63) is 34.9 Å². The molecule has 1 aromatic carbocycles. The number of cyclic esters (lactones) is 1.